The second-order valence-corrected chi connectivity index (χ2v) is 6.67. The van der Waals surface area contributed by atoms with Gasteiger partial charge < -0.3 is 5.32 Å². The third-order valence-corrected chi connectivity index (χ3v) is 4.87. The molecule has 0 amide bonds. The third-order valence-electron chi connectivity index (χ3n) is 3.19. The van der Waals surface area contributed by atoms with Gasteiger partial charge in [0.05, 0.1) is 0 Å². The van der Waals surface area contributed by atoms with Gasteiger partial charge in [-0.2, -0.15) is 11.8 Å². The maximum atomic E-state index is 3.71. The van der Waals surface area contributed by atoms with Gasteiger partial charge in [0.1, 0.15) is 0 Å². The number of rotatable bonds is 5. The van der Waals surface area contributed by atoms with E-state index in [-0.39, 0.29) is 0 Å². The summed E-state index contributed by atoms with van der Waals surface area (Å²) in [6.07, 6.45) is 0. The molecule has 2 rings (SSSR count). The van der Waals surface area contributed by atoms with Crippen molar-refractivity contribution >= 4 is 27.7 Å². The van der Waals surface area contributed by atoms with Crippen molar-refractivity contribution in [1.82, 2.24) is 10.2 Å². The molecule has 2 nitrogen and oxygen atoms in total. The fraction of sp³-hybridized carbons (Fsp3) is 0.571. The number of hydrogen-bond donors (Lipinski definition) is 1. The highest BCUT2D eigenvalue weighted by atomic mass is 79.9. The first-order chi connectivity index (χ1) is 8.79. The van der Waals surface area contributed by atoms with Gasteiger partial charge in [0.25, 0.3) is 0 Å². The predicted octanol–water partition coefficient (Wildman–Crippen LogP) is 3.11. The zero-order valence-electron chi connectivity index (χ0n) is 10.9. The van der Waals surface area contributed by atoms with Crippen LogP contribution in [-0.4, -0.2) is 36.0 Å². The molecule has 1 heterocycles. The van der Waals surface area contributed by atoms with Crippen molar-refractivity contribution in [3.8, 4) is 0 Å². The van der Waals surface area contributed by atoms with Gasteiger partial charge in [-0.1, -0.05) is 35.0 Å². The Morgan fingerprint density at radius 2 is 2.11 bits per heavy atom. The van der Waals surface area contributed by atoms with Crippen LogP contribution in [0.15, 0.2) is 22.7 Å². The fourth-order valence-corrected chi connectivity index (χ4v) is 3.63. The van der Waals surface area contributed by atoms with E-state index in [0.29, 0.717) is 0 Å². The quantitative estimate of drug-likeness (QED) is 0.894. The van der Waals surface area contributed by atoms with Crippen molar-refractivity contribution in [3.05, 3.63) is 33.8 Å². The summed E-state index contributed by atoms with van der Waals surface area (Å²) in [5.41, 5.74) is 2.75. The summed E-state index contributed by atoms with van der Waals surface area (Å²) in [6, 6.07) is 6.75. The minimum Gasteiger partial charge on any atom is -0.313 e. The molecule has 0 spiro atoms. The first-order valence-corrected chi connectivity index (χ1v) is 8.52. The van der Waals surface area contributed by atoms with Crippen LogP contribution in [0.3, 0.4) is 0 Å². The molecule has 1 aliphatic rings. The van der Waals surface area contributed by atoms with E-state index in [1.165, 1.54) is 40.2 Å². The third kappa shape index (κ3) is 4.26. The Balaban J connectivity index is 1.95. The second kappa shape index (κ2) is 7.53. The van der Waals surface area contributed by atoms with Gasteiger partial charge in [0, 0.05) is 42.2 Å². The molecule has 18 heavy (non-hydrogen) atoms. The molecule has 0 atom stereocenters. The van der Waals surface area contributed by atoms with Gasteiger partial charge in [-0.15, -0.1) is 0 Å². The van der Waals surface area contributed by atoms with E-state index in [1.807, 2.05) is 0 Å². The highest BCUT2D eigenvalue weighted by Crippen LogP contribution is 2.21. The molecule has 100 valence electrons. The molecule has 1 fully saturated rings. The monoisotopic (exact) mass is 328 g/mol. The van der Waals surface area contributed by atoms with Crippen LogP contribution in [-0.2, 0) is 13.1 Å². The summed E-state index contributed by atoms with van der Waals surface area (Å²) in [7, 11) is 0. The first-order valence-electron chi connectivity index (χ1n) is 6.57. The van der Waals surface area contributed by atoms with Gasteiger partial charge in [-0.25, -0.2) is 0 Å². The van der Waals surface area contributed by atoms with Crippen molar-refractivity contribution in [2.75, 3.05) is 31.1 Å². The van der Waals surface area contributed by atoms with Crippen LogP contribution < -0.4 is 5.32 Å². The maximum Gasteiger partial charge on any atom is 0.0245 e. The smallest absolute Gasteiger partial charge is 0.0245 e. The van der Waals surface area contributed by atoms with Crippen LogP contribution in [0.1, 0.15) is 18.1 Å². The van der Waals surface area contributed by atoms with Crippen molar-refractivity contribution in [2.24, 2.45) is 0 Å². The van der Waals surface area contributed by atoms with E-state index in [9.17, 15) is 0 Å². The number of benzene rings is 1. The van der Waals surface area contributed by atoms with Crippen LogP contribution in [0.5, 0.6) is 0 Å². The minimum absolute atomic E-state index is 0.954. The summed E-state index contributed by atoms with van der Waals surface area (Å²) in [5, 5.41) is 3.36. The Morgan fingerprint density at radius 1 is 1.33 bits per heavy atom. The molecule has 1 aromatic carbocycles. The molecule has 0 radical (unpaired) electrons. The molecule has 4 heteroatoms. The van der Waals surface area contributed by atoms with E-state index >= 15 is 0 Å². The van der Waals surface area contributed by atoms with Crippen LogP contribution in [0.25, 0.3) is 0 Å². The Hall–Kier alpha value is -0.0300. The molecule has 0 saturated carbocycles. The van der Waals surface area contributed by atoms with E-state index < -0.39 is 0 Å². The summed E-state index contributed by atoms with van der Waals surface area (Å²) >= 11 is 5.77. The lowest BCUT2D eigenvalue weighted by Crippen LogP contribution is -2.32. The number of thioether (sulfide) groups is 1. The van der Waals surface area contributed by atoms with Gasteiger partial charge in [0.15, 0.2) is 0 Å². The molecule has 0 unspecified atom stereocenters. The van der Waals surface area contributed by atoms with E-state index in [4.69, 9.17) is 0 Å². The molecule has 1 aromatic rings. The number of hydrogen-bond acceptors (Lipinski definition) is 3. The second-order valence-electron chi connectivity index (χ2n) is 4.59. The van der Waals surface area contributed by atoms with Crippen LogP contribution in [0.2, 0.25) is 0 Å². The Kier molecular flexibility index (Phi) is 6.02. The Labute approximate surface area is 123 Å². The molecule has 1 saturated heterocycles. The van der Waals surface area contributed by atoms with Crippen LogP contribution in [0, 0.1) is 0 Å². The van der Waals surface area contributed by atoms with Crippen LogP contribution >= 0.6 is 27.7 Å². The van der Waals surface area contributed by atoms with Crippen LogP contribution in [0.4, 0.5) is 0 Å². The zero-order valence-corrected chi connectivity index (χ0v) is 13.3. The summed E-state index contributed by atoms with van der Waals surface area (Å²) in [6.45, 7) is 7.62. The summed E-state index contributed by atoms with van der Waals surface area (Å²) in [5.74, 6) is 2.55. The summed E-state index contributed by atoms with van der Waals surface area (Å²) in [4.78, 5) is 2.54. The molecule has 0 aliphatic carbocycles. The van der Waals surface area contributed by atoms with Crippen molar-refractivity contribution in [1.29, 1.82) is 0 Å². The lowest BCUT2D eigenvalue weighted by Gasteiger charge is -2.26. The lowest BCUT2D eigenvalue weighted by molar-refractivity contribution is 0.294. The SMILES string of the molecule is CCNCc1ccc(CN2CCSCC2)c(Br)c1. The van der Waals surface area contributed by atoms with Gasteiger partial charge in [0.2, 0.25) is 0 Å². The number of nitrogens with zero attached hydrogens (tertiary/aromatic N) is 1. The predicted molar refractivity (Wildman–Crippen MR) is 84.1 cm³/mol. The van der Waals surface area contributed by atoms with E-state index in [1.54, 1.807) is 0 Å². The molecule has 1 aliphatic heterocycles. The van der Waals surface area contributed by atoms with Crippen molar-refractivity contribution in [3.63, 3.8) is 0 Å². The van der Waals surface area contributed by atoms with Gasteiger partial charge >= 0.3 is 0 Å². The first kappa shape index (κ1) is 14.4. The van der Waals surface area contributed by atoms with E-state index in [2.05, 4.69) is 63.0 Å². The highest BCUT2D eigenvalue weighted by Gasteiger charge is 2.12. The Morgan fingerprint density at radius 3 is 2.78 bits per heavy atom. The lowest BCUT2D eigenvalue weighted by atomic mass is 10.1. The number of nitrogens with one attached hydrogen (secondary N) is 1. The highest BCUT2D eigenvalue weighted by molar-refractivity contribution is 9.10. The van der Waals surface area contributed by atoms with Crippen molar-refractivity contribution < 1.29 is 0 Å². The zero-order chi connectivity index (χ0) is 12.8. The van der Waals surface area contributed by atoms with Gasteiger partial charge in [-0.05, 0) is 23.7 Å². The molecule has 1 N–H and O–H groups in total. The molecular weight excluding hydrogens is 308 g/mol. The largest absolute Gasteiger partial charge is 0.313 e. The average molecular weight is 329 g/mol. The van der Waals surface area contributed by atoms with Gasteiger partial charge in [-0.3, -0.25) is 4.90 Å². The molecular formula is C14H21BrN2S. The Bertz CT molecular complexity index is 378. The summed E-state index contributed by atoms with van der Waals surface area (Å²) < 4.78 is 1.25. The minimum atomic E-state index is 0.954. The maximum absolute atomic E-state index is 3.71. The average Bonchev–Trinajstić information content (AvgIpc) is 2.40. The topological polar surface area (TPSA) is 15.3 Å². The van der Waals surface area contributed by atoms with E-state index in [0.717, 1.165) is 19.6 Å². The normalized spacial score (nSPS) is 17.0. The molecule has 0 aromatic heterocycles. The standard InChI is InChI=1S/C14H21BrN2S/c1-2-16-10-12-3-4-13(14(15)9-12)11-17-5-7-18-8-6-17/h3-4,9,16H,2,5-8,10-11H2,1H3. The fourth-order valence-electron chi connectivity index (χ4n) is 2.10. The van der Waals surface area contributed by atoms with Crippen molar-refractivity contribution in [2.45, 2.75) is 20.0 Å². The number of halogens is 1. The molecule has 0 bridgehead atoms.